The average molecular weight is 240 g/mol. The summed E-state index contributed by atoms with van der Waals surface area (Å²) >= 11 is 0. The molecule has 1 aromatic rings. The van der Waals surface area contributed by atoms with Crippen LogP contribution < -0.4 is 10.6 Å². The van der Waals surface area contributed by atoms with E-state index >= 15 is 0 Å². The Morgan fingerprint density at radius 3 is 3.22 bits per heavy atom. The van der Waals surface area contributed by atoms with Gasteiger partial charge in [-0.2, -0.15) is 0 Å². The van der Waals surface area contributed by atoms with Crippen molar-refractivity contribution in [3.05, 3.63) is 52.5 Å². The Labute approximate surface area is 104 Å². The molecule has 0 atom stereocenters. The van der Waals surface area contributed by atoms with E-state index in [9.17, 15) is 4.79 Å². The number of carbonyl (C=O) groups excluding carboxylic acids is 1. The quantitative estimate of drug-likeness (QED) is 0.713. The molecule has 0 saturated heterocycles. The number of nitrogens with zero attached hydrogens (tertiary/aromatic N) is 2. The Morgan fingerprint density at radius 1 is 1.50 bits per heavy atom. The highest BCUT2D eigenvalue weighted by atomic mass is 16.5. The van der Waals surface area contributed by atoms with Crippen LogP contribution in [-0.4, -0.2) is 17.6 Å². The lowest BCUT2D eigenvalue weighted by Crippen LogP contribution is -2.23. The third kappa shape index (κ3) is 1.57. The molecule has 0 spiro atoms. The largest absolute Gasteiger partial charge is 0.462 e. The van der Waals surface area contributed by atoms with Crippen LogP contribution in [0.25, 0.3) is 5.57 Å². The summed E-state index contributed by atoms with van der Waals surface area (Å²) in [5.74, 6) is -0.314. The van der Waals surface area contributed by atoms with Crippen LogP contribution in [0.2, 0.25) is 0 Å². The zero-order valence-electron chi connectivity index (χ0n) is 10.0. The second-order valence-electron chi connectivity index (χ2n) is 4.07. The standard InChI is InChI=1S/C14H12N2O2/c1-2-18-14(17)10-5-3-4-9-11-8-15-7-6-12(11)16-13(9)10/h3,5-8H,2,4H2,1H3. The van der Waals surface area contributed by atoms with Crippen LogP contribution in [0.15, 0.2) is 46.9 Å². The van der Waals surface area contributed by atoms with Gasteiger partial charge in [0.2, 0.25) is 0 Å². The van der Waals surface area contributed by atoms with Crippen LogP contribution in [-0.2, 0) is 9.53 Å². The molecule has 0 unspecified atom stereocenters. The van der Waals surface area contributed by atoms with Crippen LogP contribution in [0.3, 0.4) is 0 Å². The molecule has 90 valence electrons. The van der Waals surface area contributed by atoms with Crippen molar-refractivity contribution < 1.29 is 9.53 Å². The molecule has 0 bridgehead atoms. The molecule has 0 N–H and O–H groups in total. The van der Waals surface area contributed by atoms with E-state index in [2.05, 4.69) is 9.98 Å². The summed E-state index contributed by atoms with van der Waals surface area (Å²) in [7, 11) is 0. The SMILES string of the molecule is CCOC(=O)C1=C2N=c3ccncc3=C2CC=C1. The van der Waals surface area contributed by atoms with Gasteiger partial charge in [-0.15, -0.1) is 0 Å². The summed E-state index contributed by atoms with van der Waals surface area (Å²) in [5, 5.41) is 1.89. The Kier molecular flexibility index (Phi) is 2.55. The van der Waals surface area contributed by atoms with Crippen molar-refractivity contribution in [2.24, 2.45) is 4.99 Å². The van der Waals surface area contributed by atoms with Gasteiger partial charge in [0.25, 0.3) is 0 Å². The average Bonchev–Trinajstić information content (AvgIpc) is 2.77. The van der Waals surface area contributed by atoms with Gasteiger partial charge in [0.05, 0.1) is 23.2 Å². The number of aromatic nitrogens is 1. The lowest BCUT2D eigenvalue weighted by atomic mass is 9.98. The summed E-state index contributed by atoms with van der Waals surface area (Å²) in [5.41, 5.74) is 2.33. The molecule has 1 aromatic heterocycles. The van der Waals surface area contributed by atoms with E-state index in [1.54, 1.807) is 25.4 Å². The van der Waals surface area contributed by atoms with Crippen molar-refractivity contribution in [3.63, 3.8) is 0 Å². The van der Waals surface area contributed by atoms with E-state index in [1.807, 2.05) is 12.1 Å². The van der Waals surface area contributed by atoms with E-state index in [0.717, 1.165) is 28.3 Å². The summed E-state index contributed by atoms with van der Waals surface area (Å²) in [4.78, 5) is 20.5. The van der Waals surface area contributed by atoms with E-state index in [0.29, 0.717) is 12.2 Å². The lowest BCUT2D eigenvalue weighted by Gasteiger charge is -2.11. The number of carbonyl (C=O) groups is 1. The van der Waals surface area contributed by atoms with Crippen LogP contribution >= 0.6 is 0 Å². The Hall–Kier alpha value is -2.23. The first-order valence-corrected chi connectivity index (χ1v) is 5.91. The molecule has 18 heavy (non-hydrogen) atoms. The first-order chi connectivity index (χ1) is 8.81. The van der Waals surface area contributed by atoms with Crippen molar-refractivity contribution in [1.29, 1.82) is 0 Å². The number of hydrogen-bond donors (Lipinski definition) is 0. The first-order valence-electron chi connectivity index (χ1n) is 5.91. The second-order valence-corrected chi connectivity index (χ2v) is 4.07. The van der Waals surface area contributed by atoms with Crippen molar-refractivity contribution >= 4 is 11.5 Å². The fraction of sp³-hybridized carbons (Fsp3) is 0.214. The van der Waals surface area contributed by atoms with Gasteiger partial charge in [-0.05, 0) is 31.1 Å². The topological polar surface area (TPSA) is 51.5 Å². The molecule has 0 aromatic carbocycles. The van der Waals surface area contributed by atoms with Gasteiger partial charge in [0, 0.05) is 17.6 Å². The number of pyridine rings is 1. The van der Waals surface area contributed by atoms with E-state index in [4.69, 9.17) is 4.74 Å². The fourth-order valence-electron chi connectivity index (χ4n) is 2.21. The van der Waals surface area contributed by atoms with Crippen molar-refractivity contribution in [3.8, 4) is 0 Å². The lowest BCUT2D eigenvalue weighted by molar-refractivity contribution is -0.138. The molecular weight excluding hydrogens is 228 g/mol. The van der Waals surface area contributed by atoms with Gasteiger partial charge in [0.1, 0.15) is 0 Å². The van der Waals surface area contributed by atoms with E-state index < -0.39 is 0 Å². The van der Waals surface area contributed by atoms with Crippen molar-refractivity contribution in [2.45, 2.75) is 13.3 Å². The molecule has 0 amide bonds. The van der Waals surface area contributed by atoms with E-state index in [1.165, 1.54) is 0 Å². The predicted octanol–water partition coefficient (Wildman–Crippen LogP) is 0.643. The molecule has 0 radical (unpaired) electrons. The third-order valence-electron chi connectivity index (χ3n) is 3.00. The van der Waals surface area contributed by atoms with Crippen LogP contribution in [0.1, 0.15) is 13.3 Å². The molecule has 0 fully saturated rings. The minimum atomic E-state index is -0.314. The van der Waals surface area contributed by atoms with Crippen molar-refractivity contribution in [2.75, 3.05) is 6.61 Å². The smallest absolute Gasteiger partial charge is 0.340 e. The van der Waals surface area contributed by atoms with E-state index in [-0.39, 0.29) is 5.97 Å². The maximum atomic E-state index is 11.9. The van der Waals surface area contributed by atoms with Gasteiger partial charge >= 0.3 is 5.97 Å². The summed E-state index contributed by atoms with van der Waals surface area (Å²) in [6.45, 7) is 2.16. The Balaban J connectivity index is 2.21. The summed E-state index contributed by atoms with van der Waals surface area (Å²) < 4.78 is 5.05. The number of allylic oxidation sites excluding steroid dienone is 2. The second kappa shape index (κ2) is 4.22. The molecular formula is C14H12N2O2. The molecule has 0 saturated carbocycles. The first kappa shape index (κ1) is 10.9. The molecule has 4 heteroatoms. The van der Waals surface area contributed by atoms with Gasteiger partial charge < -0.3 is 4.74 Å². The maximum absolute atomic E-state index is 11.9. The number of fused-ring (bicyclic) bond motifs is 2. The fourth-order valence-corrected chi connectivity index (χ4v) is 2.21. The Bertz CT molecular complexity index is 699. The van der Waals surface area contributed by atoms with Gasteiger partial charge in [-0.25, -0.2) is 9.79 Å². The van der Waals surface area contributed by atoms with Gasteiger partial charge in [-0.1, -0.05) is 6.08 Å². The molecule has 3 rings (SSSR count). The Morgan fingerprint density at radius 2 is 2.39 bits per heavy atom. The summed E-state index contributed by atoms with van der Waals surface area (Å²) in [6, 6.07) is 1.86. The van der Waals surface area contributed by atoms with Crippen LogP contribution in [0, 0.1) is 0 Å². The predicted molar refractivity (Wildman–Crippen MR) is 65.8 cm³/mol. The minimum Gasteiger partial charge on any atom is -0.462 e. The molecule has 1 aliphatic heterocycles. The number of rotatable bonds is 2. The molecule has 1 aliphatic carbocycles. The monoisotopic (exact) mass is 240 g/mol. The van der Waals surface area contributed by atoms with Gasteiger partial charge in [-0.3, -0.25) is 4.98 Å². The highest BCUT2D eigenvalue weighted by Gasteiger charge is 2.23. The highest BCUT2D eigenvalue weighted by Crippen LogP contribution is 2.27. The third-order valence-corrected chi connectivity index (χ3v) is 3.00. The molecule has 2 heterocycles. The highest BCUT2D eigenvalue weighted by molar-refractivity contribution is 5.97. The number of hydrogen-bond acceptors (Lipinski definition) is 4. The molecule has 4 nitrogen and oxygen atoms in total. The zero-order valence-corrected chi connectivity index (χ0v) is 10.0. The molecule has 2 aliphatic rings. The van der Waals surface area contributed by atoms with Gasteiger partial charge in [0.15, 0.2) is 0 Å². The van der Waals surface area contributed by atoms with Crippen molar-refractivity contribution in [1.82, 2.24) is 4.98 Å². The van der Waals surface area contributed by atoms with Crippen LogP contribution in [0.4, 0.5) is 0 Å². The number of ether oxygens (including phenoxy) is 1. The zero-order chi connectivity index (χ0) is 12.5. The summed E-state index contributed by atoms with van der Waals surface area (Å²) in [6.07, 6.45) is 8.03. The maximum Gasteiger partial charge on any atom is 0.340 e. The number of esters is 1. The normalized spacial score (nSPS) is 16.2. The van der Waals surface area contributed by atoms with Crippen LogP contribution in [0.5, 0.6) is 0 Å². The minimum absolute atomic E-state index is 0.314.